The summed E-state index contributed by atoms with van der Waals surface area (Å²) in [6, 6.07) is 6.81. The fraction of sp³-hybridized carbons (Fsp3) is 0.462. The van der Waals surface area contributed by atoms with Crippen LogP contribution in [0.25, 0.3) is 0 Å². The molecule has 0 fully saturated rings. The normalized spacial score (nSPS) is 10.9. The van der Waals surface area contributed by atoms with Gasteiger partial charge in [-0.2, -0.15) is 5.26 Å². The number of hydrogen-bond acceptors (Lipinski definition) is 4. The Balaban J connectivity index is 2.99. The fourth-order valence-corrected chi connectivity index (χ4v) is 3.21. The van der Waals surface area contributed by atoms with Crippen LogP contribution in [0.1, 0.15) is 30.9 Å². The molecule has 98 valence electrons. The number of rotatable bonds is 6. The molecule has 0 saturated carbocycles. The minimum absolute atomic E-state index is 0.0777. The molecule has 0 aliphatic carbocycles. The lowest BCUT2D eigenvalue weighted by molar-refractivity contribution is 0.411. The quantitative estimate of drug-likeness (QED) is 0.793. The van der Waals surface area contributed by atoms with E-state index >= 15 is 0 Å². The maximum atomic E-state index is 11.9. The summed E-state index contributed by atoms with van der Waals surface area (Å²) in [5.41, 5.74) is 0.990. The Hall–Kier alpha value is -1.54. The van der Waals surface area contributed by atoms with Crippen LogP contribution >= 0.6 is 0 Å². The minimum Gasteiger partial charge on any atom is -0.496 e. The van der Waals surface area contributed by atoms with Crippen molar-refractivity contribution in [1.82, 2.24) is 0 Å². The number of sulfone groups is 1. The van der Waals surface area contributed by atoms with E-state index in [1.807, 2.05) is 13.0 Å². The maximum Gasteiger partial charge on any atom is 0.154 e. The zero-order valence-corrected chi connectivity index (χ0v) is 11.5. The van der Waals surface area contributed by atoms with Gasteiger partial charge in [0.1, 0.15) is 5.75 Å². The van der Waals surface area contributed by atoms with E-state index in [4.69, 9.17) is 10.00 Å². The average molecular weight is 267 g/mol. The standard InChI is InChI=1S/C13H17NO3S/c1-3-4-7-18(15,16)10-12-8-11(9-14)5-6-13(12)17-2/h5-6,8H,3-4,7,10H2,1-2H3. The highest BCUT2D eigenvalue weighted by Crippen LogP contribution is 2.22. The van der Waals surface area contributed by atoms with Gasteiger partial charge >= 0.3 is 0 Å². The Labute approximate surface area is 108 Å². The van der Waals surface area contributed by atoms with E-state index in [1.165, 1.54) is 7.11 Å². The zero-order valence-electron chi connectivity index (χ0n) is 10.6. The second kappa shape index (κ2) is 6.41. The first-order valence-electron chi connectivity index (χ1n) is 5.80. The summed E-state index contributed by atoms with van der Waals surface area (Å²) in [5, 5.41) is 8.83. The SMILES string of the molecule is CCCCS(=O)(=O)Cc1cc(C#N)ccc1OC. The van der Waals surface area contributed by atoms with E-state index < -0.39 is 9.84 Å². The molecule has 0 aliphatic rings. The number of hydrogen-bond donors (Lipinski definition) is 0. The van der Waals surface area contributed by atoms with Crippen LogP contribution in [0.4, 0.5) is 0 Å². The van der Waals surface area contributed by atoms with Crippen molar-refractivity contribution in [3.8, 4) is 11.8 Å². The number of nitrogens with zero attached hydrogens (tertiary/aromatic N) is 1. The van der Waals surface area contributed by atoms with Gasteiger partial charge in [0.2, 0.25) is 0 Å². The van der Waals surface area contributed by atoms with Gasteiger partial charge in [-0.3, -0.25) is 0 Å². The van der Waals surface area contributed by atoms with Gasteiger partial charge in [0.25, 0.3) is 0 Å². The first kappa shape index (κ1) is 14.5. The van der Waals surface area contributed by atoms with Crippen molar-refractivity contribution in [2.75, 3.05) is 12.9 Å². The van der Waals surface area contributed by atoms with Gasteiger partial charge in [-0.1, -0.05) is 13.3 Å². The Morgan fingerprint density at radius 1 is 1.39 bits per heavy atom. The molecule has 0 saturated heterocycles. The molecule has 1 rings (SSSR count). The third kappa shape index (κ3) is 4.04. The molecule has 1 aromatic carbocycles. The molecule has 18 heavy (non-hydrogen) atoms. The first-order chi connectivity index (χ1) is 8.52. The third-order valence-corrected chi connectivity index (χ3v) is 4.26. The molecular formula is C13H17NO3S. The van der Waals surface area contributed by atoms with Gasteiger partial charge in [-0.15, -0.1) is 0 Å². The highest BCUT2D eigenvalue weighted by atomic mass is 32.2. The van der Waals surface area contributed by atoms with Gasteiger partial charge in [0.15, 0.2) is 9.84 Å². The Morgan fingerprint density at radius 3 is 2.67 bits per heavy atom. The highest BCUT2D eigenvalue weighted by Gasteiger charge is 2.15. The molecular weight excluding hydrogens is 250 g/mol. The van der Waals surface area contributed by atoms with Crippen LogP contribution in [-0.4, -0.2) is 21.3 Å². The summed E-state index contributed by atoms with van der Waals surface area (Å²) < 4.78 is 28.9. The topological polar surface area (TPSA) is 67.2 Å². The van der Waals surface area contributed by atoms with Crippen molar-refractivity contribution >= 4 is 9.84 Å². The molecule has 0 radical (unpaired) electrons. The summed E-state index contributed by atoms with van der Waals surface area (Å²) in [7, 11) is -1.65. The van der Waals surface area contributed by atoms with Crippen molar-refractivity contribution in [3.63, 3.8) is 0 Å². The highest BCUT2D eigenvalue weighted by molar-refractivity contribution is 7.90. The van der Waals surface area contributed by atoms with Gasteiger partial charge < -0.3 is 4.74 Å². The number of unbranched alkanes of at least 4 members (excludes halogenated alkanes) is 1. The Morgan fingerprint density at radius 2 is 2.11 bits per heavy atom. The second-order valence-corrected chi connectivity index (χ2v) is 6.27. The van der Waals surface area contributed by atoms with Crippen LogP contribution < -0.4 is 4.74 Å². The van der Waals surface area contributed by atoms with E-state index in [0.717, 1.165) is 6.42 Å². The lowest BCUT2D eigenvalue weighted by atomic mass is 10.1. The summed E-state index contributed by atoms with van der Waals surface area (Å²) in [6.45, 7) is 1.95. The third-order valence-electron chi connectivity index (χ3n) is 2.59. The molecule has 5 heteroatoms. The number of benzene rings is 1. The van der Waals surface area contributed by atoms with Gasteiger partial charge in [-0.25, -0.2) is 8.42 Å². The predicted octanol–water partition coefficient (Wildman–Crippen LogP) is 2.28. The minimum atomic E-state index is -3.14. The fourth-order valence-electron chi connectivity index (χ4n) is 1.63. The Kier molecular flexibility index (Phi) is 5.17. The Bertz CT molecular complexity index is 544. The van der Waals surface area contributed by atoms with E-state index in [9.17, 15) is 8.42 Å². The van der Waals surface area contributed by atoms with Gasteiger partial charge in [0, 0.05) is 5.56 Å². The monoisotopic (exact) mass is 267 g/mol. The molecule has 0 spiro atoms. The molecule has 0 amide bonds. The van der Waals surface area contributed by atoms with Crippen LogP contribution in [0, 0.1) is 11.3 Å². The molecule has 4 nitrogen and oxygen atoms in total. The van der Waals surface area contributed by atoms with Gasteiger partial charge in [0.05, 0.1) is 30.2 Å². The molecule has 0 aliphatic heterocycles. The molecule has 0 N–H and O–H groups in total. The van der Waals surface area contributed by atoms with E-state index in [2.05, 4.69) is 0 Å². The van der Waals surface area contributed by atoms with Crippen LogP contribution in [-0.2, 0) is 15.6 Å². The predicted molar refractivity (Wildman–Crippen MR) is 70.1 cm³/mol. The second-order valence-electron chi connectivity index (χ2n) is 4.08. The molecule has 0 atom stereocenters. The largest absolute Gasteiger partial charge is 0.496 e. The molecule has 0 bridgehead atoms. The van der Waals surface area contributed by atoms with Crippen LogP contribution in [0.3, 0.4) is 0 Å². The number of nitriles is 1. The summed E-state index contributed by atoms with van der Waals surface area (Å²) >= 11 is 0. The van der Waals surface area contributed by atoms with E-state index in [0.29, 0.717) is 23.3 Å². The average Bonchev–Trinajstić information content (AvgIpc) is 2.36. The number of ether oxygens (including phenoxy) is 1. The maximum absolute atomic E-state index is 11.9. The first-order valence-corrected chi connectivity index (χ1v) is 7.62. The smallest absolute Gasteiger partial charge is 0.154 e. The van der Waals surface area contributed by atoms with E-state index in [-0.39, 0.29) is 11.5 Å². The molecule has 1 aromatic rings. The summed E-state index contributed by atoms with van der Waals surface area (Å²) in [6.07, 6.45) is 1.50. The summed E-state index contributed by atoms with van der Waals surface area (Å²) in [4.78, 5) is 0. The van der Waals surface area contributed by atoms with Crippen molar-refractivity contribution < 1.29 is 13.2 Å². The van der Waals surface area contributed by atoms with Crippen molar-refractivity contribution in [2.45, 2.75) is 25.5 Å². The number of methoxy groups -OCH3 is 1. The molecule has 0 heterocycles. The van der Waals surface area contributed by atoms with Crippen LogP contribution in [0.15, 0.2) is 18.2 Å². The van der Waals surface area contributed by atoms with Crippen LogP contribution in [0.5, 0.6) is 5.75 Å². The summed E-state index contributed by atoms with van der Waals surface area (Å²) in [5.74, 6) is 0.601. The zero-order chi connectivity index (χ0) is 13.6. The van der Waals surface area contributed by atoms with Crippen molar-refractivity contribution in [2.24, 2.45) is 0 Å². The lowest BCUT2D eigenvalue weighted by Gasteiger charge is -2.09. The molecule has 0 aromatic heterocycles. The van der Waals surface area contributed by atoms with E-state index in [1.54, 1.807) is 18.2 Å². The van der Waals surface area contributed by atoms with Crippen LogP contribution in [0.2, 0.25) is 0 Å². The van der Waals surface area contributed by atoms with Crippen molar-refractivity contribution in [3.05, 3.63) is 29.3 Å². The molecule has 0 unspecified atom stereocenters. The van der Waals surface area contributed by atoms with Crippen molar-refractivity contribution in [1.29, 1.82) is 5.26 Å². The van der Waals surface area contributed by atoms with Gasteiger partial charge in [-0.05, 0) is 24.6 Å². The lowest BCUT2D eigenvalue weighted by Crippen LogP contribution is -2.10.